The summed E-state index contributed by atoms with van der Waals surface area (Å²) in [5, 5.41) is 9.52. The molecule has 1 saturated heterocycles. The molecule has 0 atom stereocenters. The van der Waals surface area contributed by atoms with Crippen molar-refractivity contribution in [3.05, 3.63) is 65.2 Å². The van der Waals surface area contributed by atoms with Gasteiger partial charge in [0, 0.05) is 0 Å². The van der Waals surface area contributed by atoms with Gasteiger partial charge in [-0.1, -0.05) is 42.5 Å². The van der Waals surface area contributed by atoms with Crippen LogP contribution in [0.5, 0.6) is 5.75 Å². The number of hydrogen-bond donors (Lipinski definition) is 1. The van der Waals surface area contributed by atoms with E-state index in [9.17, 15) is 5.11 Å². The van der Waals surface area contributed by atoms with Gasteiger partial charge in [-0.3, -0.25) is 0 Å². The summed E-state index contributed by atoms with van der Waals surface area (Å²) in [5.74, 6) is 0.692. The van der Waals surface area contributed by atoms with Crippen LogP contribution in [0.1, 0.15) is 23.0 Å². The van der Waals surface area contributed by atoms with Crippen molar-refractivity contribution in [2.24, 2.45) is 0 Å². The molecule has 110 valence electrons. The van der Waals surface area contributed by atoms with Crippen molar-refractivity contribution >= 4 is 0 Å². The SMILES string of the molecule is OCc1cccc(OCc2ccccc2)c1C1OCCO1. The second-order valence-corrected chi connectivity index (χ2v) is 4.83. The van der Waals surface area contributed by atoms with Crippen molar-refractivity contribution in [1.82, 2.24) is 0 Å². The molecule has 0 aliphatic carbocycles. The van der Waals surface area contributed by atoms with Crippen LogP contribution < -0.4 is 4.74 Å². The first-order chi connectivity index (χ1) is 10.4. The molecule has 0 saturated carbocycles. The molecule has 0 unspecified atom stereocenters. The molecule has 1 N–H and O–H groups in total. The molecule has 4 nitrogen and oxygen atoms in total. The summed E-state index contributed by atoms with van der Waals surface area (Å²) in [6.45, 7) is 1.52. The second kappa shape index (κ2) is 6.72. The minimum Gasteiger partial charge on any atom is -0.488 e. The summed E-state index contributed by atoms with van der Waals surface area (Å²) >= 11 is 0. The van der Waals surface area contributed by atoms with Gasteiger partial charge in [0.25, 0.3) is 0 Å². The Balaban J connectivity index is 1.83. The van der Waals surface area contributed by atoms with E-state index in [1.807, 2.05) is 48.5 Å². The highest BCUT2D eigenvalue weighted by Gasteiger charge is 2.25. The second-order valence-electron chi connectivity index (χ2n) is 4.83. The Labute approximate surface area is 123 Å². The number of aliphatic hydroxyl groups excluding tert-OH is 1. The molecule has 0 radical (unpaired) electrons. The first-order valence-corrected chi connectivity index (χ1v) is 7.01. The Hall–Kier alpha value is -1.88. The van der Waals surface area contributed by atoms with Crippen molar-refractivity contribution in [2.45, 2.75) is 19.5 Å². The van der Waals surface area contributed by atoms with E-state index in [2.05, 4.69) is 0 Å². The van der Waals surface area contributed by atoms with Crippen LogP contribution in [0.4, 0.5) is 0 Å². The van der Waals surface area contributed by atoms with Gasteiger partial charge in [-0.2, -0.15) is 0 Å². The van der Waals surface area contributed by atoms with Crippen molar-refractivity contribution in [1.29, 1.82) is 0 Å². The molecule has 2 aromatic carbocycles. The Morgan fingerprint density at radius 1 is 1.00 bits per heavy atom. The zero-order valence-corrected chi connectivity index (χ0v) is 11.7. The Bertz CT molecular complexity index is 577. The van der Waals surface area contributed by atoms with Gasteiger partial charge in [0.05, 0.1) is 25.4 Å². The van der Waals surface area contributed by atoms with Crippen LogP contribution in [0, 0.1) is 0 Å². The van der Waals surface area contributed by atoms with Crippen molar-refractivity contribution in [3.8, 4) is 5.75 Å². The van der Waals surface area contributed by atoms with Gasteiger partial charge >= 0.3 is 0 Å². The van der Waals surface area contributed by atoms with Gasteiger partial charge in [-0.15, -0.1) is 0 Å². The predicted molar refractivity (Wildman–Crippen MR) is 77.8 cm³/mol. The fourth-order valence-electron chi connectivity index (χ4n) is 2.38. The number of benzene rings is 2. The lowest BCUT2D eigenvalue weighted by Gasteiger charge is -2.18. The minimum atomic E-state index is -0.459. The van der Waals surface area contributed by atoms with Crippen LogP contribution >= 0.6 is 0 Å². The van der Waals surface area contributed by atoms with Gasteiger partial charge < -0.3 is 19.3 Å². The average molecular weight is 286 g/mol. The van der Waals surface area contributed by atoms with E-state index in [1.54, 1.807) is 0 Å². The topological polar surface area (TPSA) is 47.9 Å². The third-order valence-corrected chi connectivity index (χ3v) is 3.42. The van der Waals surface area contributed by atoms with Gasteiger partial charge in [-0.25, -0.2) is 0 Å². The summed E-state index contributed by atoms with van der Waals surface area (Å²) < 4.78 is 17.0. The maximum atomic E-state index is 9.52. The molecule has 0 aromatic heterocycles. The van der Waals surface area contributed by atoms with Crippen molar-refractivity contribution < 1.29 is 19.3 Å². The highest BCUT2D eigenvalue weighted by Crippen LogP contribution is 2.34. The highest BCUT2D eigenvalue weighted by atomic mass is 16.7. The lowest BCUT2D eigenvalue weighted by molar-refractivity contribution is -0.0471. The maximum Gasteiger partial charge on any atom is 0.187 e. The summed E-state index contributed by atoms with van der Waals surface area (Å²) in [6, 6.07) is 15.6. The third kappa shape index (κ3) is 3.24. The Morgan fingerprint density at radius 2 is 1.76 bits per heavy atom. The summed E-state index contributed by atoms with van der Waals surface area (Å²) in [7, 11) is 0. The quantitative estimate of drug-likeness (QED) is 0.918. The molecule has 0 spiro atoms. The predicted octanol–water partition coefficient (Wildman–Crippen LogP) is 2.80. The van der Waals surface area contributed by atoms with Gasteiger partial charge in [0.15, 0.2) is 6.29 Å². The molecule has 0 amide bonds. The summed E-state index contributed by atoms with van der Waals surface area (Å²) in [5.41, 5.74) is 2.65. The largest absolute Gasteiger partial charge is 0.488 e. The molecular formula is C17H18O4. The van der Waals surface area contributed by atoms with Crippen LogP contribution in [-0.4, -0.2) is 18.3 Å². The molecule has 3 rings (SSSR count). The third-order valence-electron chi connectivity index (χ3n) is 3.42. The lowest BCUT2D eigenvalue weighted by atomic mass is 10.1. The molecule has 1 aliphatic rings. The van der Waals surface area contributed by atoms with Crippen LogP contribution in [0.3, 0.4) is 0 Å². The standard InChI is InChI=1S/C17H18O4/c18-11-14-7-4-8-15(16(14)17-19-9-10-20-17)21-12-13-5-2-1-3-6-13/h1-8,17-18H,9-12H2. The Morgan fingerprint density at radius 3 is 2.48 bits per heavy atom. The van der Waals surface area contributed by atoms with Crippen LogP contribution in [0.25, 0.3) is 0 Å². The van der Waals surface area contributed by atoms with Crippen LogP contribution in [0.15, 0.2) is 48.5 Å². The maximum absolute atomic E-state index is 9.52. The summed E-state index contributed by atoms with van der Waals surface area (Å²) in [4.78, 5) is 0. The molecule has 21 heavy (non-hydrogen) atoms. The van der Waals surface area contributed by atoms with Crippen LogP contribution in [0.2, 0.25) is 0 Å². The highest BCUT2D eigenvalue weighted by molar-refractivity contribution is 5.41. The van der Waals surface area contributed by atoms with Crippen LogP contribution in [-0.2, 0) is 22.7 Å². The molecule has 0 bridgehead atoms. The first-order valence-electron chi connectivity index (χ1n) is 7.01. The van der Waals surface area contributed by atoms with Gasteiger partial charge in [0.1, 0.15) is 12.4 Å². The molecule has 1 fully saturated rings. The number of rotatable bonds is 5. The van der Waals surface area contributed by atoms with E-state index < -0.39 is 6.29 Å². The number of aliphatic hydroxyl groups is 1. The number of ether oxygens (including phenoxy) is 3. The fraction of sp³-hybridized carbons (Fsp3) is 0.294. The van der Waals surface area contributed by atoms with E-state index in [1.165, 1.54) is 0 Å². The molecule has 4 heteroatoms. The van der Waals surface area contributed by atoms with E-state index in [0.29, 0.717) is 25.6 Å². The van der Waals surface area contributed by atoms with Crippen molar-refractivity contribution in [2.75, 3.05) is 13.2 Å². The molecule has 1 aliphatic heterocycles. The zero-order valence-electron chi connectivity index (χ0n) is 11.7. The van der Waals surface area contributed by atoms with Gasteiger partial charge in [0.2, 0.25) is 0 Å². The van der Waals surface area contributed by atoms with E-state index in [0.717, 1.165) is 16.7 Å². The average Bonchev–Trinajstić information content (AvgIpc) is 3.07. The van der Waals surface area contributed by atoms with E-state index >= 15 is 0 Å². The fourth-order valence-corrected chi connectivity index (χ4v) is 2.38. The molecule has 2 aromatic rings. The molecule has 1 heterocycles. The van der Waals surface area contributed by atoms with E-state index in [4.69, 9.17) is 14.2 Å². The number of hydrogen-bond acceptors (Lipinski definition) is 4. The zero-order chi connectivity index (χ0) is 14.5. The normalized spacial score (nSPS) is 15.3. The summed E-state index contributed by atoms with van der Waals surface area (Å²) in [6.07, 6.45) is -0.459. The van der Waals surface area contributed by atoms with E-state index in [-0.39, 0.29) is 6.61 Å². The smallest absolute Gasteiger partial charge is 0.187 e. The Kier molecular flexibility index (Phi) is 4.50. The van der Waals surface area contributed by atoms with Crippen molar-refractivity contribution in [3.63, 3.8) is 0 Å². The molecular weight excluding hydrogens is 268 g/mol. The lowest BCUT2D eigenvalue weighted by Crippen LogP contribution is -2.07. The first kappa shape index (κ1) is 14.1. The minimum absolute atomic E-state index is 0.0684. The van der Waals surface area contributed by atoms with Gasteiger partial charge in [-0.05, 0) is 17.2 Å². The monoisotopic (exact) mass is 286 g/mol.